The van der Waals surface area contributed by atoms with Crippen molar-refractivity contribution in [2.75, 3.05) is 79.5 Å². The summed E-state index contributed by atoms with van der Waals surface area (Å²) in [5.74, 6) is 7.03. The van der Waals surface area contributed by atoms with Gasteiger partial charge in [-0.3, -0.25) is 14.7 Å². The summed E-state index contributed by atoms with van der Waals surface area (Å²) in [6, 6.07) is 34.5. The van der Waals surface area contributed by atoms with Crippen LogP contribution in [0, 0.1) is 11.8 Å². The Labute approximate surface area is 420 Å². The molecule has 10 rings (SSSR count). The van der Waals surface area contributed by atoms with Gasteiger partial charge >= 0.3 is 12.1 Å². The van der Waals surface area contributed by atoms with Gasteiger partial charge in [-0.05, 0) is 86.8 Å². The highest BCUT2D eigenvalue weighted by molar-refractivity contribution is 5.90. The number of rotatable bonds is 10. The summed E-state index contributed by atoms with van der Waals surface area (Å²) < 4.78 is 0. The Kier molecular flexibility index (Phi) is 14.5. The van der Waals surface area contributed by atoms with Crippen molar-refractivity contribution in [1.29, 1.82) is 0 Å². The van der Waals surface area contributed by atoms with Crippen molar-refractivity contribution in [1.82, 2.24) is 60.2 Å². The van der Waals surface area contributed by atoms with Gasteiger partial charge in [-0.1, -0.05) is 96.8 Å². The molecule has 0 saturated carbocycles. The first-order chi connectivity index (χ1) is 35.1. The van der Waals surface area contributed by atoms with Crippen LogP contribution < -0.4 is 10.6 Å². The van der Waals surface area contributed by atoms with Crippen molar-refractivity contribution in [3.05, 3.63) is 155 Å². The lowest BCUT2D eigenvalue weighted by atomic mass is 10.0. The SMILES string of the molecule is CN1CCN(C(=O)N[C@@H](C(=O)N2CCC[C@H]2c2cc(-c3ccc(C#Cc4ccc(-c5cnc([C@@H]6CCCN6C(=O)[C@H](NC(=O)N6CCN(C)CC6)c6ccccc6)[nH]5)cc4)cc3)n[nH]2)c2ccccc2)CC1. The maximum Gasteiger partial charge on any atom is 0.318 e. The first kappa shape index (κ1) is 47.9. The van der Waals surface area contributed by atoms with E-state index in [2.05, 4.69) is 47.5 Å². The van der Waals surface area contributed by atoms with Crippen LogP contribution in [0.4, 0.5) is 9.59 Å². The van der Waals surface area contributed by atoms with Gasteiger partial charge < -0.3 is 45.0 Å². The second-order valence-electron chi connectivity index (χ2n) is 19.3. The van der Waals surface area contributed by atoms with Gasteiger partial charge in [-0.2, -0.15) is 5.10 Å². The van der Waals surface area contributed by atoms with Crippen molar-refractivity contribution in [2.45, 2.75) is 49.9 Å². The fraction of sp³-hybridized carbons (Fsp3) is 0.357. The molecule has 0 unspecified atom stereocenters. The summed E-state index contributed by atoms with van der Waals surface area (Å²) in [7, 11) is 4.09. The van der Waals surface area contributed by atoms with Crippen molar-refractivity contribution in [3.8, 4) is 34.4 Å². The third-order valence-electron chi connectivity index (χ3n) is 14.5. The highest BCUT2D eigenvalue weighted by Crippen LogP contribution is 2.36. The van der Waals surface area contributed by atoms with Crippen LogP contribution in [0.1, 0.15) is 83.6 Å². The fourth-order valence-electron chi connectivity index (χ4n) is 10.2. The van der Waals surface area contributed by atoms with Crippen LogP contribution >= 0.6 is 0 Å². The molecule has 72 heavy (non-hydrogen) atoms. The number of imidazole rings is 1. The summed E-state index contributed by atoms with van der Waals surface area (Å²) in [5.41, 5.74) is 7.59. The third-order valence-corrected chi connectivity index (χ3v) is 14.5. The lowest BCUT2D eigenvalue weighted by molar-refractivity contribution is -0.135. The molecule has 4 aliphatic rings. The molecule has 370 valence electrons. The minimum Gasteiger partial charge on any atom is -0.340 e. The molecule has 6 amide bonds. The maximum absolute atomic E-state index is 14.4. The molecule has 0 aliphatic carbocycles. The van der Waals surface area contributed by atoms with Crippen LogP contribution in [0.25, 0.3) is 22.5 Å². The van der Waals surface area contributed by atoms with E-state index < -0.39 is 12.1 Å². The van der Waals surface area contributed by atoms with Gasteiger partial charge in [0.1, 0.15) is 17.9 Å². The Morgan fingerprint density at radius 3 is 1.57 bits per heavy atom. The number of likely N-dealkylation sites (N-methyl/N-ethyl adjacent to an activating group) is 2. The molecule has 4 N–H and O–H groups in total. The average molecular weight is 967 g/mol. The fourth-order valence-corrected chi connectivity index (χ4v) is 10.2. The van der Waals surface area contributed by atoms with E-state index in [1.54, 1.807) is 9.80 Å². The van der Waals surface area contributed by atoms with Crippen LogP contribution in [-0.2, 0) is 9.59 Å². The summed E-state index contributed by atoms with van der Waals surface area (Å²) >= 11 is 0. The number of carbonyl (C=O) groups is 4. The summed E-state index contributed by atoms with van der Waals surface area (Å²) in [4.78, 5) is 75.6. The molecule has 0 bridgehead atoms. The molecular weight excluding hydrogens is 905 g/mol. The van der Waals surface area contributed by atoms with Gasteiger partial charge in [0, 0.05) is 82.1 Å². The van der Waals surface area contributed by atoms with Gasteiger partial charge in [0.2, 0.25) is 11.8 Å². The second-order valence-corrected chi connectivity index (χ2v) is 19.3. The minimum absolute atomic E-state index is 0.130. The van der Waals surface area contributed by atoms with E-state index in [1.165, 1.54) is 0 Å². The number of nitrogens with one attached hydrogen (secondary N) is 4. The number of hydrogen-bond acceptors (Lipinski definition) is 8. The standard InChI is InChI=1S/C56H62N12O4/c1-63-29-33-65(34-30-63)55(71)59-50(43-11-5-3-6-12-43)53(69)67-27-9-15-48(67)46-37-45(61-62-46)41-23-19-39(20-24-41)17-18-40-21-25-42(26-22-40)47-38-57-52(58-47)49-16-10-28-68(49)54(70)51(44-13-7-4-8-14-44)60-56(72)66-35-31-64(2)32-36-66/h3-8,11-14,19-26,37-38,48-51H,9-10,15-16,27-36H2,1-2H3,(H,57,58)(H,59,71)(H,60,72)(H,61,62)/t48-,49-,50+,51+/m0/s1. The van der Waals surface area contributed by atoms with Crippen molar-refractivity contribution in [2.24, 2.45) is 0 Å². The van der Waals surface area contributed by atoms with E-state index in [0.29, 0.717) is 39.3 Å². The number of piperazine rings is 2. The molecule has 6 aromatic rings. The van der Waals surface area contributed by atoms with E-state index >= 15 is 0 Å². The molecule has 4 aliphatic heterocycles. The first-order valence-corrected chi connectivity index (χ1v) is 25.2. The van der Waals surface area contributed by atoms with E-state index in [4.69, 9.17) is 4.98 Å². The number of aromatic nitrogens is 4. The summed E-state index contributed by atoms with van der Waals surface area (Å²) in [6.07, 6.45) is 5.05. The highest BCUT2D eigenvalue weighted by atomic mass is 16.2. The van der Waals surface area contributed by atoms with Crippen LogP contribution in [0.3, 0.4) is 0 Å². The molecule has 16 heteroatoms. The highest BCUT2D eigenvalue weighted by Gasteiger charge is 2.39. The molecule has 2 aromatic heterocycles. The van der Waals surface area contributed by atoms with E-state index in [9.17, 15) is 19.2 Å². The topological polar surface area (TPSA) is 169 Å². The Morgan fingerprint density at radius 2 is 1.06 bits per heavy atom. The lowest BCUT2D eigenvalue weighted by Crippen LogP contribution is -2.53. The van der Waals surface area contributed by atoms with Crippen molar-refractivity contribution in [3.63, 3.8) is 0 Å². The van der Waals surface area contributed by atoms with Gasteiger partial charge in [0.05, 0.1) is 35.4 Å². The van der Waals surface area contributed by atoms with Gasteiger partial charge in [0.15, 0.2) is 0 Å². The Bertz CT molecular complexity index is 2700. The van der Waals surface area contributed by atoms with E-state index in [1.807, 2.05) is 145 Å². The number of H-pyrrole nitrogens is 2. The molecule has 0 spiro atoms. The van der Waals surface area contributed by atoms with E-state index in [0.717, 1.165) is 108 Å². The normalized spacial score (nSPS) is 19.4. The molecule has 4 saturated heterocycles. The number of carbonyl (C=O) groups excluding carboxylic acids is 4. The monoisotopic (exact) mass is 967 g/mol. The first-order valence-electron chi connectivity index (χ1n) is 25.2. The third kappa shape index (κ3) is 10.8. The number of nitrogens with zero attached hydrogens (tertiary/aromatic N) is 8. The zero-order valence-electron chi connectivity index (χ0n) is 41.0. The minimum atomic E-state index is -0.812. The number of amides is 6. The van der Waals surface area contributed by atoms with Crippen LogP contribution in [0.15, 0.2) is 121 Å². The van der Waals surface area contributed by atoms with Crippen LogP contribution in [0.2, 0.25) is 0 Å². The predicted molar refractivity (Wildman–Crippen MR) is 275 cm³/mol. The Hall–Kier alpha value is -7.74. The molecule has 16 nitrogen and oxygen atoms in total. The van der Waals surface area contributed by atoms with Crippen LogP contribution in [0.5, 0.6) is 0 Å². The number of urea groups is 2. The summed E-state index contributed by atoms with van der Waals surface area (Å²) in [5, 5.41) is 14.0. The molecule has 4 aromatic carbocycles. The Morgan fingerprint density at radius 1 is 0.583 bits per heavy atom. The predicted octanol–water partition coefficient (Wildman–Crippen LogP) is 6.59. The number of likely N-dealkylation sites (tertiary alicyclic amines) is 2. The number of hydrogen-bond donors (Lipinski definition) is 4. The second kappa shape index (κ2) is 21.7. The van der Waals surface area contributed by atoms with E-state index in [-0.39, 0.29) is 36.0 Å². The summed E-state index contributed by atoms with van der Waals surface area (Å²) in [6.45, 7) is 6.80. The maximum atomic E-state index is 14.4. The zero-order chi connectivity index (χ0) is 49.6. The largest absolute Gasteiger partial charge is 0.340 e. The zero-order valence-corrected chi connectivity index (χ0v) is 41.0. The van der Waals surface area contributed by atoms with Gasteiger partial charge in [0.25, 0.3) is 0 Å². The van der Waals surface area contributed by atoms with Gasteiger partial charge in [-0.25, -0.2) is 14.6 Å². The molecular formula is C56H62N12O4. The van der Waals surface area contributed by atoms with Gasteiger partial charge in [-0.15, -0.1) is 0 Å². The van der Waals surface area contributed by atoms with Crippen molar-refractivity contribution < 1.29 is 19.2 Å². The quantitative estimate of drug-likeness (QED) is 0.112. The smallest absolute Gasteiger partial charge is 0.318 e. The Balaban J connectivity index is 0.765. The van der Waals surface area contributed by atoms with Crippen LogP contribution in [-0.4, -0.2) is 153 Å². The lowest BCUT2D eigenvalue weighted by Gasteiger charge is -2.34. The van der Waals surface area contributed by atoms with Crippen molar-refractivity contribution >= 4 is 23.9 Å². The number of aromatic amines is 2. The molecule has 4 fully saturated rings. The average Bonchev–Trinajstić information content (AvgIpc) is 4.28. The molecule has 6 heterocycles. The molecule has 0 radical (unpaired) electrons. The molecule has 4 atom stereocenters. The number of benzene rings is 4.